The Bertz CT molecular complexity index is 1290. The van der Waals surface area contributed by atoms with Crippen molar-refractivity contribution in [2.75, 3.05) is 0 Å². The van der Waals surface area contributed by atoms with Gasteiger partial charge in [0, 0.05) is 22.1 Å². The lowest BCUT2D eigenvalue weighted by molar-refractivity contribution is -0.198. The number of hydrogen-bond donors (Lipinski definition) is 1. The molecule has 2 aromatic heterocycles. The Morgan fingerprint density at radius 1 is 1.22 bits per heavy atom. The van der Waals surface area contributed by atoms with Gasteiger partial charge in [0.25, 0.3) is 5.56 Å². The van der Waals surface area contributed by atoms with Crippen LogP contribution < -0.4 is 5.56 Å². The molecular formula is C26H27FN2O3. The second-order valence-corrected chi connectivity index (χ2v) is 9.42. The minimum Gasteiger partial charge on any atom is -0.379 e. The van der Waals surface area contributed by atoms with E-state index < -0.39 is 12.0 Å². The first-order valence-corrected chi connectivity index (χ1v) is 11.7. The van der Waals surface area contributed by atoms with Gasteiger partial charge in [0.1, 0.15) is 5.60 Å². The summed E-state index contributed by atoms with van der Waals surface area (Å²) in [6, 6.07) is 9.99. The quantitative estimate of drug-likeness (QED) is 0.488. The Kier molecular flexibility index (Phi) is 4.53. The molecule has 166 valence electrons. The van der Waals surface area contributed by atoms with E-state index in [0.717, 1.165) is 29.6 Å². The summed E-state index contributed by atoms with van der Waals surface area (Å²) in [5, 5.41) is 12.2. The van der Waals surface area contributed by atoms with Crippen molar-refractivity contribution in [1.82, 2.24) is 9.55 Å². The Morgan fingerprint density at radius 2 is 2.00 bits per heavy atom. The average molecular weight is 435 g/mol. The molecule has 6 heteroatoms. The lowest BCUT2D eigenvalue weighted by atomic mass is 9.80. The Morgan fingerprint density at radius 3 is 2.78 bits per heavy atom. The lowest BCUT2D eigenvalue weighted by Crippen LogP contribution is -2.45. The van der Waals surface area contributed by atoms with Crippen LogP contribution in [-0.2, 0) is 23.5 Å². The molecule has 1 aliphatic carbocycles. The molecule has 2 atom stereocenters. The number of rotatable bonds is 2. The highest BCUT2D eigenvalue weighted by atomic mass is 19.1. The van der Waals surface area contributed by atoms with Gasteiger partial charge in [-0.1, -0.05) is 44.4 Å². The van der Waals surface area contributed by atoms with E-state index in [1.54, 1.807) is 17.6 Å². The molecule has 0 amide bonds. The summed E-state index contributed by atoms with van der Waals surface area (Å²) in [5.41, 5.74) is 3.46. The van der Waals surface area contributed by atoms with E-state index in [1.165, 1.54) is 30.2 Å². The van der Waals surface area contributed by atoms with Crippen molar-refractivity contribution in [3.63, 3.8) is 0 Å². The number of aromatic nitrogens is 2. The minimum atomic E-state index is -1.86. The number of alkyl halides is 1. The van der Waals surface area contributed by atoms with Gasteiger partial charge >= 0.3 is 0 Å². The molecule has 0 radical (unpaired) electrons. The van der Waals surface area contributed by atoms with Gasteiger partial charge in [-0.05, 0) is 42.9 Å². The maximum atomic E-state index is 14.6. The topological polar surface area (TPSA) is 64.4 Å². The maximum absolute atomic E-state index is 14.6. The van der Waals surface area contributed by atoms with Gasteiger partial charge in [-0.2, -0.15) is 0 Å². The monoisotopic (exact) mass is 434 g/mol. The molecular weight excluding hydrogens is 407 g/mol. The molecule has 2 aliphatic heterocycles. The predicted octanol–water partition coefficient (Wildman–Crippen LogP) is 4.90. The van der Waals surface area contributed by atoms with Crippen LogP contribution in [0.25, 0.3) is 22.3 Å². The number of para-hydroxylation sites is 1. The molecule has 32 heavy (non-hydrogen) atoms. The van der Waals surface area contributed by atoms with E-state index >= 15 is 0 Å². The second-order valence-electron chi connectivity index (χ2n) is 9.42. The van der Waals surface area contributed by atoms with Crippen LogP contribution in [0.15, 0.2) is 35.1 Å². The van der Waals surface area contributed by atoms with Gasteiger partial charge in [0.05, 0.1) is 30.1 Å². The first kappa shape index (κ1) is 20.1. The molecule has 4 heterocycles. The molecule has 6 rings (SSSR count). The number of halogens is 1. The number of nitrogens with zero attached hydrogens (tertiary/aromatic N) is 2. The van der Waals surface area contributed by atoms with Crippen molar-refractivity contribution in [1.29, 1.82) is 0 Å². The van der Waals surface area contributed by atoms with Gasteiger partial charge in [-0.15, -0.1) is 0 Å². The summed E-state index contributed by atoms with van der Waals surface area (Å²) < 4.78 is 21.5. The van der Waals surface area contributed by atoms with Gasteiger partial charge in [-0.3, -0.25) is 4.79 Å². The lowest BCUT2D eigenvalue weighted by Gasteiger charge is -2.36. The SMILES string of the molecule is CC[C@]1(O)c2cc3n(c(=O)c2CO[C@H]1F)Cc1c-3nc2ccccc2c1C1CCCCC1. The molecule has 1 fully saturated rings. The number of aliphatic hydroxyl groups is 1. The van der Waals surface area contributed by atoms with Crippen LogP contribution in [-0.4, -0.2) is 21.0 Å². The summed E-state index contributed by atoms with van der Waals surface area (Å²) >= 11 is 0. The van der Waals surface area contributed by atoms with Gasteiger partial charge in [0.2, 0.25) is 6.36 Å². The molecule has 1 saturated carbocycles. The molecule has 0 saturated heterocycles. The third-order valence-electron chi connectivity index (χ3n) is 7.76. The highest BCUT2D eigenvalue weighted by molar-refractivity contribution is 5.88. The van der Waals surface area contributed by atoms with Crippen molar-refractivity contribution in [3.05, 3.63) is 62.9 Å². The standard InChI is InChI=1S/C26H27FN2O3/c1-2-26(31)19-12-21-23-17(13-29(21)24(30)18(19)14-32-25(26)27)22(15-8-4-3-5-9-15)16-10-6-7-11-20(16)28-23/h6-7,10-12,15,25,31H,2-5,8-9,13-14H2,1H3/t25-,26+/m1/s1. The molecule has 0 unspecified atom stereocenters. The van der Waals surface area contributed by atoms with Crippen LogP contribution >= 0.6 is 0 Å². The van der Waals surface area contributed by atoms with E-state index in [-0.39, 0.29) is 18.6 Å². The molecule has 3 aromatic rings. The molecule has 1 aromatic carbocycles. The number of hydrogen-bond acceptors (Lipinski definition) is 4. The summed E-state index contributed by atoms with van der Waals surface area (Å²) in [4.78, 5) is 18.5. The van der Waals surface area contributed by atoms with Crippen molar-refractivity contribution in [2.24, 2.45) is 0 Å². The van der Waals surface area contributed by atoms with Crippen LogP contribution in [0.3, 0.4) is 0 Å². The fourth-order valence-corrected chi connectivity index (χ4v) is 6.00. The van der Waals surface area contributed by atoms with Gasteiger partial charge in [0.15, 0.2) is 0 Å². The Labute approximate surface area is 185 Å². The minimum absolute atomic E-state index is 0.120. The van der Waals surface area contributed by atoms with Crippen LogP contribution in [0.4, 0.5) is 4.39 Å². The van der Waals surface area contributed by atoms with E-state index in [9.17, 15) is 14.3 Å². The van der Waals surface area contributed by atoms with E-state index in [2.05, 4.69) is 12.1 Å². The molecule has 0 bridgehead atoms. The number of fused-ring (bicyclic) bond motifs is 5. The average Bonchev–Trinajstić information content (AvgIpc) is 3.19. The van der Waals surface area contributed by atoms with Crippen molar-refractivity contribution in [2.45, 2.75) is 76.5 Å². The maximum Gasteiger partial charge on any atom is 0.257 e. The normalized spacial score (nSPS) is 24.9. The predicted molar refractivity (Wildman–Crippen MR) is 120 cm³/mol. The summed E-state index contributed by atoms with van der Waals surface area (Å²) in [6.07, 6.45) is 4.27. The number of benzene rings is 1. The fraction of sp³-hybridized carbons (Fsp3) is 0.462. The first-order chi connectivity index (χ1) is 15.5. The Hall–Kier alpha value is -2.57. The molecule has 5 nitrogen and oxygen atoms in total. The van der Waals surface area contributed by atoms with Gasteiger partial charge in [-0.25, -0.2) is 9.37 Å². The van der Waals surface area contributed by atoms with Crippen molar-refractivity contribution in [3.8, 4) is 11.4 Å². The van der Waals surface area contributed by atoms with Crippen LogP contribution in [0.2, 0.25) is 0 Å². The fourth-order valence-electron chi connectivity index (χ4n) is 6.00. The van der Waals surface area contributed by atoms with Gasteiger partial charge < -0.3 is 14.4 Å². The van der Waals surface area contributed by atoms with Crippen molar-refractivity contribution < 1.29 is 14.2 Å². The highest BCUT2D eigenvalue weighted by Gasteiger charge is 2.45. The smallest absolute Gasteiger partial charge is 0.257 e. The molecule has 0 spiro atoms. The Balaban J connectivity index is 1.62. The third kappa shape index (κ3) is 2.69. The zero-order chi connectivity index (χ0) is 22.0. The zero-order valence-electron chi connectivity index (χ0n) is 18.2. The van der Waals surface area contributed by atoms with Crippen molar-refractivity contribution >= 4 is 10.9 Å². The largest absolute Gasteiger partial charge is 0.379 e. The van der Waals surface area contributed by atoms with Crippen LogP contribution in [0.1, 0.15) is 73.6 Å². The van der Waals surface area contributed by atoms with E-state index in [4.69, 9.17) is 9.72 Å². The zero-order valence-corrected chi connectivity index (χ0v) is 18.2. The molecule has 1 N–H and O–H groups in total. The van der Waals surface area contributed by atoms with Crippen LogP contribution in [0.5, 0.6) is 0 Å². The number of ether oxygens (including phenoxy) is 1. The van der Waals surface area contributed by atoms with E-state index in [0.29, 0.717) is 29.3 Å². The summed E-state index contributed by atoms with van der Waals surface area (Å²) in [7, 11) is 0. The second kappa shape index (κ2) is 7.22. The summed E-state index contributed by atoms with van der Waals surface area (Å²) in [6.45, 7) is 2.04. The summed E-state index contributed by atoms with van der Waals surface area (Å²) in [5.74, 6) is 0.455. The highest BCUT2D eigenvalue weighted by Crippen LogP contribution is 2.45. The third-order valence-corrected chi connectivity index (χ3v) is 7.76. The molecule has 3 aliphatic rings. The number of pyridine rings is 2. The van der Waals surface area contributed by atoms with E-state index in [1.807, 2.05) is 12.1 Å². The van der Waals surface area contributed by atoms with Crippen LogP contribution in [0, 0.1) is 0 Å². The first-order valence-electron chi connectivity index (χ1n) is 11.7.